The molecule has 0 unspecified atom stereocenters. The van der Waals surface area contributed by atoms with Crippen LogP contribution in [-0.4, -0.2) is 26.3 Å². The number of phenols is 1. The molecule has 0 aliphatic heterocycles. The topological polar surface area (TPSA) is 80.4 Å². The fraction of sp³-hybridized carbons (Fsp3) is 0.222. The van der Waals surface area contributed by atoms with E-state index in [1.54, 1.807) is 12.5 Å². The minimum atomic E-state index is -3.39. The van der Waals surface area contributed by atoms with Crippen molar-refractivity contribution in [2.24, 2.45) is 5.73 Å². The van der Waals surface area contributed by atoms with Gasteiger partial charge >= 0.3 is 0 Å². The molecular weight excluding hydrogens is 202 g/mol. The summed E-state index contributed by atoms with van der Waals surface area (Å²) in [6.07, 6.45) is 2.72. The van der Waals surface area contributed by atoms with Crippen LogP contribution in [0, 0.1) is 6.42 Å². The van der Waals surface area contributed by atoms with Crippen LogP contribution in [0.1, 0.15) is 5.56 Å². The van der Waals surface area contributed by atoms with Crippen LogP contribution in [0.5, 0.6) is 5.75 Å². The molecule has 0 saturated heterocycles. The molecule has 0 aliphatic carbocycles. The number of sulfone groups is 1. The standard InChI is InChI=1S/C9H12NO3S/c1-14(12,13)9-6-7(4-5-10)2-3-8(9)11/h2-4,6,11H,5,10H2,1H3. The van der Waals surface area contributed by atoms with Gasteiger partial charge in [-0.3, -0.25) is 0 Å². The molecule has 77 valence electrons. The van der Waals surface area contributed by atoms with Crippen molar-refractivity contribution in [1.29, 1.82) is 0 Å². The van der Waals surface area contributed by atoms with E-state index in [9.17, 15) is 13.5 Å². The Hall–Kier alpha value is -1.07. The fourth-order valence-electron chi connectivity index (χ4n) is 1.09. The average Bonchev–Trinajstić information content (AvgIpc) is 2.07. The molecule has 14 heavy (non-hydrogen) atoms. The number of hydrogen-bond donors (Lipinski definition) is 2. The molecule has 0 saturated carbocycles. The summed E-state index contributed by atoms with van der Waals surface area (Å²) < 4.78 is 22.4. The molecule has 1 rings (SSSR count). The summed E-state index contributed by atoms with van der Waals surface area (Å²) in [7, 11) is -3.39. The molecule has 1 radical (unpaired) electrons. The lowest BCUT2D eigenvalue weighted by Gasteiger charge is -2.04. The van der Waals surface area contributed by atoms with Crippen molar-refractivity contribution in [2.75, 3.05) is 12.8 Å². The average molecular weight is 214 g/mol. The number of nitrogens with two attached hydrogens (primary N) is 1. The van der Waals surface area contributed by atoms with Crippen LogP contribution in [0.25, 0.3) is 0 Å². The molecule has 0 aliphatic rings. The van der Waals surface area contributed by atoms with Gasteiger partial charge in [0.2, 0.25) is 0 Å². The lowest BCUT2D eigenvalue weighted by molar-refractivity contribution is 0.459. The van der Waals surface area contributed by atoms with Gasteiger partial charge in [-0.05, 0) is 24.2 Å². The number of phenolic OH excluding ortho intramolecular Hbond substituents is 1. The second-order valence-electron chi connectivity index (χ2n) is 2.94. The van der Waals surface area contributed by atoms with Crippen molar-refractivity contribution in [3.05, 3.63) is 30.2 Å². The van der Waals surface area contributed by atoms with Crippen molar-refractivity contribution >= 4 is 9.84 Å². The first-order valence-electron chi connectivity index (χ1n) is 4.01. The number of rotatable bonds is 3. The van der Waals surface area contributed by atoms with Gasteiger partial charge in [-0.15, -0.1) is 0 Å². The van der Waals surface area contributed by atoms with Gasteiger partial charge in [0.1, 0.15) is 10.6 Å². The van der Waals surface area contributed by atoms with Crippen molar-refractivity contribution in [3.8, 4) is 5.75 Å². The van der Waals surface area contributed by atoms with Gasteiger partial charge in [0.15, 0.2) is 9.84 Å². The summed E-state index contributed by atoms with van der Waals surface area (Å²) in [6.45, 7) is 0.327. The molecule has 5 heteroatoms. The van der Waals surface area contributed by atoms with E-state index >= 15 is 0 Å². The zero-order valence-corrected chi connectivity index (χ0v) is 8.58. The number of benzene rings is 1. The first-order chi connectivity index (χ1) is 6.45. The lowest BCUT2D eigenvalue weighted by atomic mass is 10.1. The SMILES string of the molecule is CS(=O)(=O)c1cc([CH]CN)ccc1O. The highest BCUT2D eigenvalue weighted by Crippen LogP contribution is 2.23. The minimum Gasteiger partial charge on any atom is -0.507 e. The van der Waals surface area contributed by atoms with E-state index in [-0.39, 0.29) is 10.6 Å². The zero-order valence-electron chi connectivity index (χ0n) is 7.77. The van der Waals surface area contributed by atoms with Crippen LogP contribution >= 0.6 is 0 Å². The normalized spacial score (nSPS) is 11.6. The zero-order chi connectivity index (χ0) is 10.8. The Morgan fingerprint density at radius 1 is 1.50 bits per heavy atom. The van der Waals surface area contributed by atoms with Crippen LogP contribution in [0.2, 0.25) is 0 Å². The quantitative estimate of drug-likeness (QED) is 0.758. The van der Waals surface area contributed by atoms with Crippen molar-refractivity contribution in [1.82, 2.24) is 0 Å². The second-order valence-corrected chi connectivity index (χ2v) is 4.92. The third kappa shape index (κ3) is 2.46. The van der Waals surface area contributed by atoms with E-state index in [2.05, 4.69) is 0 Å². The van der Waals surface area contributed by atoms with Gasteiger partial charge in [-0.2, -0.15) is 0 Å². The van der Waals surface area contributed by atoms with Crippen molar-refractivity contribution < 1.29 is 13.5 Å². The largest absolute Gasteiger partial charge is 0.507 e. The molecule has 0 atom stereocenters. The summed E-state index contributed by atoms with van der Waals surface area (Å²) in [4.78, 5) is -0.0697. The van der Waals surface area contributed by atoms with Gasteiger partial charge < -0.3 is 10.8 Å². The van der Waals surface area contributed by atoms with E-state index in [1.807, 2.05) is 0 Å². The van der Waals surface area contributed by atoms with Gasteiger partial charge in [-0.25, -0.2) is 8.42 Å². The maximum absolute atomic E-state index is 11.2. The van der Waals surface area contributed by atoms with Crippen LogP contribution in [-0.2, 0) is 9.84 Å². The summed E-state index contributed by atoms with van der Waals surface area (Å²) in [5.74, 6) is -0.235. The Morgan fingerprint density at radius 2 is 2.14 bits per heavy atom. The molecule has 0 bridgehead atoms. The third-order valence-electron chi connectivity index (χ3n) is 1.74. The van der Waals surface area contributed by atoms with E-state index < -0.39 is 9.84 Å². The van der Waals surface area contributed by atoms with E-state index in [1.165, 1.54) is 12.1 Å². The van der Waals surface area contributed by atoms with Crippen LogP contribution in [0.15, 0.2) is 23.1 Å². The molecule has 0 spiro atoms. The van der Waals surface area contributed by atoms with Gasteiger partial charge in [0.05, 0.1) is 0 Å². The Balaban J connectivity index is 3.22. The summed E-state index contributed by atoms with van der Waals surface area (Å²) in [5.41, 5.74) is 5.98. The summed E-state index contributed by atoms with van der Waals surface area (Å²) in [5, 5.41) is 9.31. The lowest BCUT2D eigenvalue weighted by Crippen LogP contribution is -2.02. The molecule has 1 aromatic carbocycles. The monoisotopic (exact) mass is 214 g/mol. The van der Waals surface area contributed by atoms with E-state index in [0.29, 0.717) is 12.1 Å². The maximum atomic E-state index is 11.2. The summed E-state index contributed by atoms with van der Waals surface area (Å²) in [6, 6.07) is 4.35. The highest BCUT2D eigenvalue weighted by atomic mass is 32.2. The first kappa shape index (κ1) is 11.0. The predicted octanol–water partition coefficient (Wildman–Crippen LogP) is 0.307. The Bertz CT molecular complexity index is 426. The Morgan fingerprint density at radius 3 is 2.64 bits per heavy atom. The van der Waals surface area contributed by atoms with Gasteiger partial charge in [-0.1, -0.05) is 6.07 Å². The molecule has 0 fully saturated rings. The van der Waals surface area contributed by atoms with Crippen LogP contribution < -0.4 is 5.73 Å². The molecule has 3 N–H and O–H groups in total. The minimum absolute atomic E-state index is 0.0697. The third-order valence-corrected chi connectivity index (χ3v) is 2.86. The smallest absolute Gasteiger partial charge is 0.179 e. The van der Waals surface area contributed by atoms with Gasteiger partial charge in [0, 0.05) is 12.7 Å². The van der Waals surface area contributed by atoms with E-state index in [0.717, 1.165) is 6.26 Å². The Kier molecular flexibility index (Phi) is 3.13. The molecule has 0 aromatic heterocycles. The van der Waals surface area contributed by atoms with Gasteiger partial charge in [0.25, 0.3) is 0 Å². The maximum Gasteiger partial charge on any atom is 0.179 e. The van der Waals surface area contributed by atoms with Crippen LogP contribution in [0.4, 0.5) is 0 Å². The Labute approximate surface area is 83.3 Å². The van der Waals surface area contributed by atoms with Crippen molar-refractivity contribution in [3.63, 3.8) is 0 Å². The number of aromatic hydroxyl groups is 1. The molecule has 0 amide bonds. The number of hydrogen-bond acceptors (Lipinski definition) is 4. The second kappa shape index (κ2) is 3.98. The van der Waals surface area contributed by atoms with Crippen LogP contribution in [0.3, 0.4) is 0 Å². The fourth-order valence-corrected chi connectivity index (χ4v) is 1.89. The molecule has 1 aromatic rings. The summed E-state index contributed by atoms with van der Waals surface area (Å²) >= 11 is 0. The van der Waals surface area contributed by atoms with Crippen molar-refractivity contribution in [2.45, 2.75) is 4.90 Å². The predicted molar refractivity (Wildman–Crippen MR) is 53.7 cm³/mol. The molecular formula is C9H12NO3S. The highest BCUT2D eigenvalue weighted by Gasteiger charge is 2.13. The first-order valence-corrected chi connectivity index (χ1v) is 5.90. The molecule has 0 heterocycles. The highest BCUT2D eigenvalue weighted by molar-refractivity contribution is 7.90. The van der Waals surface area contributed by atoms with E-state index in [4.69, 9.17) is 5.73 Å². The molecule has 4 nitrogen and oxygen atoms in total.